The number of para-hydroxylation sites is 1. The van der Waals surface area contributed by atoms with Crippen LogP contribution >= 0.6 is 0 Å². The maximum absolute atomic E-state index is 12.7. The van der Waals surface area contributed by atoms with Crippen LogP contribution in [0.2, 0.25) is 0 Å². The zero-order valence-electron chi connectivity index (χ0n) is 12.0. The zero-order valence-corrected chi connectivity index (χ0v) is 12.0. The lowest BCUT2D eigenvalue weighted by Crippen LogP contribution is -2.39. The van der Waals surface area contributed by atoms with Gasteiger partial charge in [0.1, 0.15) is 0 Å². The number of amides is 1. The normalized spacial score (nSPS) is 18.0. The van der Waals surface area contributed by atoms with E-state index in [1.165, 1.54) is 0 Å². The summed E-state index contributed by atoms with van der Waals surface area (Å²) in [5.41, 5.74) is 6.61. The number of anilines is 1. The predicted octanol–water partition coefficient (Wildman–Crippen LogP) is 2.32. The molecule has 1 saturated carbocycles. The van der Waals surface area contributed by atoms with E-state index in [0.29, 0.717) is 11.3 Å². The molecule has 1 aromatic carbocycles. The molecule has 5 heteroatoms. The van der Waals surface area contributed by atoms with Crippen LogP contribution in [0.25, 0.3) is 0 Å². The molecule has 0 atom stereocenters. The number of hydrogen-bond acceptors (Lipinski definition) is 3. The standard InChI is InChI=1S/C15H21N3O2/c1-15(9-5-6-10-15)14(19)18(2)12-8-4-3-7-11(12)13(16)17-20/h3-4,7-8,20H,5-6,9-10H2,1-2H3,(H2,16,17). The van der Waals surface area contributed by atoms with Gasteiger partial charge in [0.15, 0.2) is 5.84 Å². The maximum Gasteiger partial charge on any atom is 0.232 e. The van der Waals surface area contributed by atoms with Crippen molar-refractivity contribution < 1.29 is 10.0 Å². The van der Waals surface area contributed by atoms with Gasteiger partial charge in [-0.3, -0.25) is 4.79 Å². The van der Waals surface area contributed by atoms with Crippen molar-refractivity contribution >= 4 is 17.4 Å². The molecule has 0 spiro atoms. The Kier molecular flexibility index (Phi) is 3.97. The van der Waals surface area contributed by atoms with Crippen LogP contribution in [0.4, 0.5) is 5.69 Å². The summed E-state index contributed by atoms with van der Waals surface area (Å²) in [5.74, 6) is 0.102. The van der Waals surface area contributed by atoms with E-state index in [1.807, 2.05) is 19.1 Å². The van der Waals surface area contributed by atoms with Gasteiger partial charge in [-0.15, -0.1) is 0 Å². The molecular formula is C15H21N3O2. The van der Waals surface area contributed by atoms with Crippen molar-refractivity contribution in [2.75, 3.05) is 11.9 Å². The highest BCUT2D eigenvalue weighted by Crippen LogP contribution is 2.40. The first kappa shape index (κ1) is 14.4. The summed E-state index contributed by atoms with van der Waals surface area (Å²) in [7, 11) is 1.75. The number of hydrogen-bond donors (Lipinski definition) is 2. The molecular weight excluding hydrogens is 254 g/mol. The molecule has 0 saturated heterocycles. The Morgan fingerprint density at radius 1 is 1.35 bits per heavy atom. The molecule has 1 aromatic rings. The van der Waals surface area contributed by atoms with Gasteiger partial charge < -0.3 is 15.8 Å². The fourth-order valence-corrected chi connectivity index (χ4v) is 2.92. The number of nitrogens with two attached hydrogens (primary N) is 1. The van der Waals surface area contributed by atoms with Crippen molar-refractivity contribution in [3.05, 3.63) is 29.8 Å². The lowest BCUT2D eigenvalue weighted by atomic mass is 9.87. The third-order valence-electron chi connectivity index (χ3n) is 4.18. The third kappa shape index (κ3) is 2.48. The van der Waals surface area contributed by atoms with Gasteiger partial charge in [-0.2, -0.15) is 0 Å². The fraction of sp³-hybridized carbons (Fsp3) is 0.467. The van der Waals surface area contributed by atoms with Crippen LogP contribution in [0.1, 0.15) is 38.2 Å². The van der Waals surface area contributed by atoms with Crippen molar-refractivity contribution in [1.29, 1.82) is 0 Å². The molecule has 1 amide bonds. The van der Waals surface area contributed by atoms with E-state index in [4.69, 9.17) is 10.9 Å². The van der Waals surface area contributed by atoms with E-state index in [9.17, 15) is 4.79 Å². The van der Waals surface area contributed by atoms with Gasteiger partial charge in [0.05, 0.1) is 5.69 Å². The molecule has 20 heavy (non-hydrogen) atoms. The number of benzene rings is 1. The van der Waals surface area contributed by atoms with Gasteiger partial charge in [0, 0.05) is 18.0 Å². The smallest absolute Gasteiger partial charge is 0.232 e. The molecule has 0 aromatic heterocycles. The Labute approximate surface area is 119 Å². The molecule has 3 N–H and O–H groups in total. The predicted molar refractivity (Wildman–Crippen MR) is 78.9 cm³/mol. The van der Waals surface area contributed by atoms with E-state index in [-0.39, 0.29) is 17.2 Å². The highest BCUT2D eigenvalue weighted by molar-refractivity contribution is 6.07. The zero-order chi connectivity index (χ0) is 14.8. The van der Waals surface area contributed by atoms with Crippen molar-refractivity contribution in [2.45, 2.75) is 32.6 Å². The Morgan fingerprint density at radius 3 is 2.55 bits per heavy atom. The van der Waals surface area contributed by atoms with Crippen LogP contribution in [0.3, 0.4) is 0 Å². The first-order chi connectivity index (χ1) is 9.49. The summed E-state index contributed by atoms with van der Waals surface area (Å²) in [5, 5.41) is 11.9. The Balaban J connectivity index is 2.34. The molecule has 1 aliphatic rings. The van der Waals surface area contributed by atoms with E-state index in [2.05, 4.69) is 5.16 Å². The molecule has 108 valence electrons. The van der Waals surface area contributed by atoms with Crippen LogP contribution in [0, 0.1) is 5.41 Å². The van der Waals surface area contributed by atoms with Crippen molar-refractivity contribution in [3.8, 4) is 0 Å². The quantitative estimate of drug-likeness (QED) is 0.384. The summed E-state index contributed by atoms with van der Waals surface area (Å²) in [6.07, 6.45) is 4.03. The molecule has 5 nitrogen and oxygen atoms in total. The number of amidine groups is 1. The second kappa shape index (κ2) is 5.53. The topological polar surface area (TPSA) is 78.9 Å². The Morgan fingerprint density at radius 2 is 1.95 bits per heavy atom. The van der Waals surface area contributed by atoms with Crippen LogP contribution in [0.15, 0.2) is 29.4 Å². The lowest BCUT2D eigenvalue weighted by molar-refractivity contribution is -0.126. The Bertz CT molecular complexity index is 534. The van der Waals surface area contributed by atoms with Gasteiger partial charge in [-0.1, -0.05) is 37.1 Å². The molecule has 2 rings (SSSR count). The number of carbonyl (C=O) groups excluding carboxylic acids is 1. The highest BCUT2D eigenvalue weighted by Gasteiger charge is 2.38. The second-order valence-electron chi connectivity index (χ2n) is 5.63. The van der Waals surface area contributed by atoms with Crippen LogP contribution < -0.4 is 10.6 Å². The highest BCUT2D eigenvalue weighted by atomic mass is 16.4. The van der Waals surface area contributed by atoms with Crippen molar-refractivity contribution in [2.24, 2.45) is 16.3 Å². The number of nitrogens with zero attached hydrogens (tertiary/aromatic N) is 2. The molecule has 0 bridgehead atoms. The van der Waals surface area contributed by atoms with Crippen LogP contribution in [0.5, 0.6) is 0 Å². The largest absolute Gasteiger partial charge is 0.409 e. The number of oxime groups is 1. The van der Waals surface area contributed by atoms with E-state index < -0.39 is 0 Å². The first-order valence-corrected chi connectivity index (χ1v) is 6.85. The molecule has 0 aliphatic heterocycles. The maximum atomic E-state index is 12.7. The average Bonchev–Trinajstić information content (AvgIpc) is 2.93. The van der Waals surface area contributed by atoms with Gasteiger partial charge in [-0.25, -0.2) is 0 Å². The number of rotatable bonds is 3. The number of carbonyl (C=O) groups is 1. The first-order valence-electron chi connectivity index (χ1n) is 6.85. The summed E-state index contributed by atoms with van der Waals surface area (Å²) >= 11 is 0. The summed E-state index contributed by atoms with van der Waals surface area (Å²) in [6.45, 7) is 2.02. The van der Waals surface area contributed by atoms with E-state index >= 15 is 0 Å². The minimum Gasteiger partial charge on any atom is -0.409 e. The van der Waals surface area contributed by atoms with Gasteiger partial charge in [-0.05, 0) is 25.0 Å². The molecule has 1 fully saturated rings. The third-order valence-corrected chi connectivity index (χ3v) is 4.18. The van der Waals surface area contributed by atoms with Gasteiger partial charge in [0.25, 0.3) is 0 Å². The van der Waals surface area contributed by atoms with Crippen LogP contribution in [-0.2, 0) is 4.79 Å². The lowest BCUT2D eigenvalue weighted by Gasteiger charge is -2.30. The summed E-state index contributed by atoms with van der Waals surface area (Å²) < 4.78 is 0. The summed E-state index contributed by atoms with van der Waals surface area (Å²) in [4.78, 5) is 14.3. The summed E-state index contributed by atoms with van der Waals surface area (Å²) in [6, 6.07) is 7.19. The molecule has 0 radical (unpaired) electrons. The monoisotopic (exact) mass is 275 g/mol. The van der Waals surface area contributed by atoms with Crippen molar-refractivity contribution in [3.63, 3.8) is 0 Å². The fourth-order valence-electron chi connectivity index (χ4n) is 2.92. The Hall–Kier alpha value is -2.04. The SMILES string of the molecule is CN(C(=O)C1(C)CCCC1)c1ccccc1/C(N)=N/O. The second-order valence-corrected chi connectivity index (χ2v) is 5.63. The van der Waals surface area contributed by atoms with E-state index in [1.54, 1.807) is 24.1 Å². The van der Waals surface area contributed by atoms with Gasteiger partial charge in [0.2, 0.25) is 5.91 Å². The van der Waals surface area contributed by atoms with E-state index in [0.717, 1.165) is 25.7 Å². The molecule has 0 unspecified atom stereocenters. The minimum absolute atomic E-state index is 0.0109. The minimum atomic E-state index is -0.299. The molecule has 1 aliphatic carbocycles. The van der Waals surface area contributed by atoms with Crippen molar-refractivity contribution in [1.82, 2.24) is 0 Å². The van der Waals surface area contributed by atoms with Gasteiger partial charge >= 0.3 is 0 Å². The average molecular weight is 275 g/mol. The molecule has 0 heterocycles. The van der Waals surface area contributed by atoms with Crippen LogP contribution in [-0.4, -0.2) is 24.0 Å².